The zero-order valence-electron chi connectivity index (χ0n) is 12.0. The third-order valence-electron chi connectivity index (χ3n) is 3.51. The molecule has 2 amide bonds. The second kappa shape index (κ2) is 7.49. The highest BCUT2D eigenvalue weighted by Crippen LogP contribution is 2.19. The molecular formula is C17H19NO3. The smallest absolute Gasteiger partial charge is 0.416 e. The van der Waals surface area contributed by atoms with Gasteiger partial charge in [-0.25, -0.2) is 9.69 Å². The molecule has 0 aliphatic carbocycles. The van der Waals surface area contributed by atoms with Gasteiger partial charge in [-0.15, -0.1) is 12.3 Å². The lowest BCUT2D eigenvalue weighted by Crippen LogP contribution is -2.40. The molecule has 2 rings (SSSR count). The van der Waals surface area contributed by atoms with E-state index in [4.69, 9.17) is 11.2 Å². The molecule has 0 radical (unpaired) electrons. The highest BCUT2D eigenvalue weighted by Gasteiger charge is 2.37. The summed E-state index contributed by atoms with van der Waals surface area (Å²) in [6.45, 7) is 0.268. The van der Waals surface area contributed by atoms with Gasteiger partial charge in [-0.2, -0.15) is 0 Å². The molecule has 0 unspecified atom stereocenters. The molecule has 0 bridgehead atoms. The van der Waals surface area contributed by atoms with Crippen LogP contribution < -0.4 is 0 Å². The second-order valence-electron chi connectivity index (χ2n) is 5.10. The Morgan fingerprint density at radius 1 is 1.33 bits per heavy atom. The summed E-state index contributed by atoms with van der Waals surface area (Å²) in [7, 11) is 0. The maximum Gasteiger partial charge on any atom is 0.416 e. The van der Waals surface area contributed by atoms with E-state index < -0.39 is 6.09 Å². The monoisotopic (exact) mass is 285 g/mol. The Kier molecular flexibility index (Phi) is 5.39. The number of hydrogen-bond acceptors (Lipinski definition) is 3. The van der Waals surface area contributed by atoms with Crippen LogP contribution in [-0.4, -0.2) is 29.5 Å². The number of ether oxygens (including phenoxy) is 1. The highest BCUT2D eigenvalue weighted by molar-refractivity contribution is 5.93. The fourth-order valence-corrected chi connectivity index (χ4v) is 2.43. The summed E-state index contributed by atoms with van der Waals surface area (Å²) in [6.07, 6.45) is 7.77. The first-order chi connectivity index (χ1) is 10.2. The number of rotatable bonds is 6. The van der Waals surface area contributed by atoms with Gasteiger partial charge in [0.05, 0.1) is 6.04 Å². The zero-order valence-corrected chi connectivity index (χ0v) is 12.0. The summed E-state index contributed by atoms with van der Waals surface area (Å²) in [5, 5.41) is 0. The first-order valence-corrected chi connectivity index (χ1v) is 7.18. The van der Waals surface area contributed by atoms with Crippen LogP contribution in [0.2, 0.25) is 0 Å². The molecule has 1 aliphatic rings. The average Bonchev–Trinajstić information content (AvgIpc) is 2.85. The fourth-order valence-electron chi connectivity index (χ4n) is 2.43. The van der Waals surface area contributed by atoms with Crippen LogP contribution in [-0.2, 0) is 16.0 Å². The number of carbonyl (C=O) groups excluding carboxylic acids is 2. The number of unbranched alkanes of at least 4 members (excludes halogenated alkanes) is 2. The molecule has 0 N–H and O–H groups in total. The predicted molar refractivity (Wildman–Crippen MR) is 79.4 cm³/mol. The lowest BCUT2D eigenvalue weighted by atomic mass is 10.1. The van der Waals surface area contributed by atoms with E-state index in [1.165, 1.54) is 4.90 Å². The summed E-state index contributed by atoms with van der Waals surface area (Å²) in [4.78, 5) is 25.2. The lowest BCUT2D eigenvalue weighted by molar-refractivity contribution is -0.129. The third kappa shape index (κ3) is 4.09. The summed E-state index contributed by atoms with van der Waals surface area (Å²) >= 11 is 0. The number of benzene rings is 1. The second-order valence-corrected chi connectivity index (χ2v) is 5.10. The van der Waals surface area contributed by atoms with Crippen LogP contribution in [0.5, 0.6) is 0 Å². The van der Waals surface area contributed by atoms with Crippen LogP contribution in [0.25, 0.3) is 0 Å². The van der Waals surface area contributed by atoms with Crippen molar-refractivity contribution in [1.29, 1.82) is 0 Å². The van der Waals surface area contributed by atoms with Crippen LogP contribution in [0.4, 0.5) is 4.79 Å². The van der Waals surface area contributed by atoms with Crippen molar-refractivity contribution < 1.29 is 14.3 Å². The summed E-state index contributed by atoms with van der Waals surface area (Å²) in [5.41, 5.74) is 1.09. The third-order valence-corrected chi connectivity index (χ3v) is 3.51. The molecule has 1 aromatic rings. The topological polar surface area (TPSA) is 46.6 Å². The Labute approximate surface area is 125 Å². The molecule has 1 heterocycles. The molecule has 1 saturated heterocycles. The lowest BCUT2D eigenvalue weighted by Gasteiger charge is -2.19. The Balaban J connectivity index is 1.93. The highest BCUT2D eigenvalue weighted by atomic mass is 16.6. The van der Waals surface area contributed by atoms with Crippen LogP contribution >= 0.6 is 0 Å². The molecular weight excluding hydrogens is 266 g/mol. The molecule has 4 heteroatoms. The van der Waals surface area contributed by atoms with E-state index in [1.54, 1.807) is 0 Å². The zero-order chi connectivity index (χ0) is 15.1. The molecule has 1 fully saturated rings. The van der Waals surface area contributed by atoms with Crippen LogP contribution in [0, 0.1) is 12.3 Å². The maximum absolute atomic E-state index is 12.2. The minimum atomic E-state index is -0.530. The van der Waals surface area contributed by atoms with Crippen molar-refractivity contribution in [2.45, 2.75) is 38.1 Å². The van der Waals surface area contributed by atoms with Crippen molar-refractivity contribution in [3.63, 3.8) is 0 Å². The predicted octanol–water partition coefficient (Wildman–Crippen LogP) is 2.77. The van der Waals surface area contributed by atoms with Gasteiger partial charge in [0.1, 0.15) is 6.61 Å². The largest absolute Gasteiger partial charge is 0.447 e. The molecule has 4 nitrogen and oxygen atoms in total. The van der Waals surface area contributed by atoms with E-state index in [9.17, 15) is 9.59 Å². The molecule has 1 aliphatic heterocycles. The van der Waals surface area contributed by atoms with Gasteiger partial charge in [0.15, 0.2) is 0 Å². The van der Waals surface area contributed by atoms with Crippen molar-refractivity contribution >= 4 is 12.0 Å². The van der Waals surface area contributed by atoms with E-state index in [2.05, 4.69) is 5.92 Å². The van der Waals surface area contributed by atoms with Gasteiger partial charge in [-0.3, -0.25) is 4.79 Å². The summed E-state index contributed by atoms with van der Waals surface area (Å²) in [6, 6.07) is 9.59. The number of carbonyl (C=O) groups is 2. The van der Waals surface area contributed by atoms with Gasteiger partial charge in [0.25, 0.3) is 0 Å². The van der Waals surface area contributed by atoms with E-state index in [1.807, 2.05) is 30.3 Å². The molecule has 21 heavy (non-hydrogen) atoms. The van der Waals surface area contributed by atoms with Gasteiger partial charge in [0.2, 0.25) is 5.91 Å². The number of terminal acetylenes is 1. The van der Waals surface area contributed by atoms with Crippen LogP contribution in [0.15, 0.2) is 30.3 Å². The first kappa shape index (κ1) is 15.1. The SMILES string of the molecule is C#CCCCCC(=O)N1C(=O)OC[C@@H]1Cc1ccccc1. The Hall–Kier alpha value is -2.28. The fraction of sp³-hybridized carbons (Fsp3) is 0.412. The standard InChI is InChI=1S/C17H19NO3/c1-2-3-4-8-11-16(19)18-15(13-21-17(18)20)12-14-9-6-5-7-10-14/h1,5-7,9-10,15H,3-4,8,11-13H2/t15-/m0/s1. The normalized spacial score (nSPS) is 17.4. The van der Waals surface area contributed by atoms with E-state index in [-0.39, 0.29) is 18.6 Å². The molecule has 110 valence electrons. The van der Waals surface area contributed by atoms with Gasteiger partial charge in [-0.05, 0) is 24.8 Å². The van der Waals surface area contributed by atoms with Crippen molar-refractivity contribution in [2.75, 3.05) is 6.61 Å². The van der Waals surface area contributed by atoms with Gasteiger partial charge in [-0.1, -0.05) is 30.3 Å². The summed E-state index contributed by atoms with van der Waals surface area (Å²) < 4.78 is 5.03. The van der Waals surface area contributed by atoms with Crippen molar-refractivity contribution in [1.82, 2.24) is 4.90 Å². The van der Waals surface area contributed by atoms with Crippen molar-refractivity contribution in [2.24, 2.45) is 0 Å². The minimum Gasteiger partial charge on any atom is -0.447 e. The number of amides is 2. The number of nitrogens with zero attached hydrogens (tertiary/aromatic N) is 1. The van der Waals surface area contributed by atoms with Crippen LogP contribution in [0.3, 0.4) is 0 Å². The van der Waals surface area contributed by atoms with E-state index in [0.717, 1.165) is 12.0 Å². The number of cyclic esters (lactones) is 1. The van der Waals surface area contributed by atoms with Crippen molar-refractivity contribution in [3.8, 4) is 12.3 Å². The number of hydrogen-bond donors (Lipinski definition) is 0. The minimum absolute atomic E-state index is 0.171. The van der Waals surface area contributed by atoms with Gasteiger partial charge >= 0.3 is 6.09 Å². The quantitative estimate of drug-likeness (QED) is 0.596. The van der Waals surface area contributed by atoms with Crippen molar-refractivity contribution in [3.05, 3.63) is 35.9 Å². The summed E-state index contributed by atoms with van der Waals surface area (Å²) in [5.74, 6) is 2.37. The van der Waals surface area contributed by atoms with Gasteiger partial charge < -0.3 is 4.74 Å². The van der Waals surface area contributed by atoms with Gasteiger partial charge in [0, 0.05) is 12.8 Å². The van der Waals surface area contributed by atoms with E-state index >= 15 is 0 Å². The van der Waals surface area contributed by atoms with E-state index in [0.29, 0.717) is 25.7 Å². The average molecular weight is 285 g/mol. The Morgan fingerprint density at radius 3 is 2.81 bits per heavy atom. The number of imide groups is 1. The molecule has 1 aromatic carbocycles. The maximum atomic E-state index is 12.2. The Bertz CT molecular complexity index is 533. The first-order valence-electron chi connectivity index (χ1n) is 7.18. The Morgan fingerprint density at radius 2 is 2.10 bits per heavy atom. The molecule has 0 spiro atoms. The molecule has 1 atom stereocenters. The molecule has 0 aromatic heterocycles. The molecule has 0 saturated carbocycles. The van der Waals surface area contributed by atoms with Crippen LogP contribution in [0.1, 0.15) is 31.2 Å².